The summed E-state index contributed by atoms with van der Waals surface area (Å²) >= 11 is 0. The van der Waals surface area contributed by atoms with E-state index in [1.807, 2.05) is 0 Å². The third-order valence-corrected chi connectivity index (χ3v) is 3.53. The molecule has 92 valence electrons. The molecule has 0 amide bonds. The second kappa shape index (κ2) is 4.52. The molecule has 1 aromatic rings. The molecule has 1 heterocycles. The van der Waals surface area contributed by atoms with E-state index < -0.39 is 15.6 Å². The molecule has 7 heteroatoms. The lowest BCUT2D eigenvalue weighted by atomic mass is 10.1. The van der Waals surface area contributed by atoms with Crippen LogP contribution in [-0.2, 0) is 16.6 Å². The van der Waals surface area contributed by atoms with Crippen molar-refractivity contribution in [2.75, 3.05) is 7.05 Å². The molecule has 16 heavy (non-hydrogen) atoms. The monoisotopic (exact) mass is 246 g/mol. The van der Waals surface area contributed by atoms with Crippen LogP contribution in [0.4, 0.5) is 0 Å². The highest BCUT2D eigenvalue weighted by atomic mass is 32.2. The number of aromatic nitrogens is 2. The fourth-order valence-electron chi connectivity index (χ4n) is 1.30. The van der Waals surface area contributed by atoms with Gasteiger partial charge in [-0.15, -0.1) is 0 Å². The van der Waals surface area contributed by atoms with Gasteiger partial charge in [0.05, 0.1) is 6.20 Å². The van der Waals surface area contributed by atoms with E-state index in [9.17, 15) is 8.42 Å². The van der Waals surface area contributed by atoms with Gasteiger partial charge in [0, 0.05) is 17.6 Å². The van der Waals surface area contributed by atoms with Crippen LogP contribution in [-0.4, -0.2) is 31.2 Å². The summed E-state index contributed by atoms with van der Waals surface area (Å²) in [5.41, 5.74) is 0.111. The zero-order valence-electron chi connectivity index (χ0n) is 9.96. The number of hydrogen-bond acceptors (Lipinski definition) is 4. The molecule has 3 N–H and O–H groups in total. The maximum Gasteiger partial charge on any atom is 0.258 e. The van der Waals surface area contributed by atoms with E-state index >= 15 is 0 Å². The largest absolute Gasteiger partial charge is 0.316 e. The van der Waals surface area contributed by atoms with Gasteiger partial charge in [-0.3, -0.25) is 5.10 Å². The van der Waals surface area contributed by atoms with Gasteiger partial charge in [-0.05, 0) is 27.8 Å². The standard InChI is InChI=1S/C9H18N4O2S/c1-9(2,3)13-16(14,15)8-7(5-10-4)6-11-12-8/h6,10,13H,5H2,1-4H3,(H,11,12). The van der Waals surface area contributed by atoms with Gasteiger partial charge in [-0.25, -0.2) is 13.1 Å². The van der Waals surface area contributed by atoms with Crippen LogP contribution in [0.3, 0.4) is 0 Å². The highest BCUT2D eigenvalue weighted by molar-refractivity contribution is 7.89. The average Bonchev–Trinajstić information content (AvgIpc) is 2.48. The molecule has 0 spiro atoms. The van der Waals surface area contributed by atoms with Crippen LogP contribution in [0.5, 0.6) is 0 Å². The molecule has 0 bridgehead atoms. The molecule has 0 aliphatic carbocycles. The number of H-pyrrole nitrogens is 1. The van der Waals surface area contributed by atoms with Crippen LogP contribution in [0, 0.1) is 0 Å². The normalized spacial score (nSPS) is 13.0. The number of nitrogens with one attached hydrogen (secondary N) is 3. The predicted octanol–water partition coefficient (Wildman–Crippen LogP) is 0.206. The fraction of sp³-hybridized carbons (Fsp3) is 0.667. The summed E-state index contributed by atoms with van der Waals surface area (Å²) in [5, 5.41) is 9.28. The van der Waals surface area contributed by atoms with Gasteiger partial charge in [0.1, 0.15) is 0 Å². The molecule has 0 aliphatic heterocycles. The molecular formula is C9H18N4O2S. The molecule has 0 atom stereocenters. The number of rotatable bonds is 4. The Labute approximate surface area is 95.9 Å². The van der Waals surface area contributed by atoms with E-state index in [0.717, 1.165) is 0 Å². The van der Waals surface area contributed by atoms with E-state index in [0.29, 0.717) is 12.1 Å². The molecule has 0 aromatic carbocycles. The lowest BCUT2D eigenvalue weighted by Crippen LogP contribution is -2.41. The number of sulfonamides is 1. The molecule has 0 fully saturated rings. The Morgan fingerprint density at radius 3 is 2.56 bits per heavy atom. The number of aromatic amines is 1. The van der Waals surface area contributed by atoms with Crippen LogP contribution in [0.25, 0.3) is 0 Å². The van der Waals surface area contributed by atoms with Crippen molar-refractivity contribution in [3.63, 3.8) is 0 Å². The Hall–Kier alpha value is -0.920. The Morgan fingerprint density at radius 2 is 2.06 bits per heavy atom. The first-order valence-corrected chi connectivity index (χ1v) is 6.45. The summed E-state index contributed by atoms with van der Waals surface area (Å²) in [6, 6.07) is 0. The van der Waals surface area contributed by atoms with Crippen molar-refractivity contribution in [3.8, 4) is 0 Å². The molecule has 1 rings (SSSR count). The zero-order valence-corrected chi connectivity index (χ0v) is 10.8. The van der Waals surface area contributed by atoms with Crippen molar-refractivity contribution in [2.45, 2.75) is 37.9 Å². The van der Waals surface area contributed by atoms with Crippen LogP contribution in [0.1, 0.15) is 26.3 Å². The Morgan fingerprint density at radius 1 is 1.44 bits per heavy atom. The molecular weight excluding hydrogens is 228 g/mol. The van der Waals surface area contributed by atoms with Crippen molar-refractivity contribution in [3.05, 3.63) is 11.8 Å². The Kier molecular flexibility index (Phi) is 3.72. The summed E-state index contributed by atoms with van der Waals surface area (Å²) in [7, 11) is -1.78. The first-order chi connectivity index (χ1) is 7.26. The van der Waals surface area contributed by atoms with Gasteiger partial charge in [0.15, 0.2) is 5.03 Å². The third-order valence-electron chi connectivity index (χ3n) is 1.75. The summed E-state index contributed by atoms with van der Waals surface area (Å²) in [6.07, 6.45) is 1.51. The van der Waals surface area contributed by atoms with Crippen molar-refractivity contribution in [1.29, 1.82) is 0 Å². The van der Waals surface area contributed by atoms with Crippen molar-refractivity contribution < 1.29 is 8.42 Å². The summed E-state index contributed by atoms with van der Waals surface area (Å²) in [5.74, 6) is 0. The first-order valence-electron chi connectivity index (χ1n) is 4.97. The molecule has 0 saturated heterocycles. The van der Waals surface area contributed by atoms with Crippen LogP contribution in [0.2, 0.25) is 0 Å². The highest BCUT2D eigenvalue weighted by Gasteiger charge is 2.25. The Balaban J connectivity index is 3.03. The SMILES string of the molecule is CNCc1cn[nH]c1S(=O)(=O)NC(C)(C)C. The van der Waals surface area contributed by atoms with Gasteiger partial charge >= 0.3 is 0 Å². The fourth-order valence-corrected chi connectivity index (χ4v) is 2.85. The highest BCUT2D eigenvalue weighted by Crippen LogP contribution is 2.14. The quantitative estimate of drug-likeness (QED) is 0.708. The van der Waals surface area contributed by atoms with E-state index in [-0.39, 0.29) is 5.03 Å². The molecule has 0 aliphatic rings. The topological polar surface area (TPSA) is 86.9 Å². The van der Waals surface area contributed by atoms with E-state index in [1.165, 1.54) is 6.20 Å². The molecule has 0 saturated carbocycles. The molecule has 6 nitrogen and oxygen atoms in total. The van der Waals surface area contributed by atoms with Crippen molar-refractivity contribution in [2.24, 2.45) is 0 Å². The second-order valence-electron chi connectivity index (χ2n) is 4.61. The summed E-state index contributed by atoms with van der Waals surface area (Å²) in [4.78, 5) is 0. The second-order valence-corrected chi connectivity index (χ2v) is 6.23. The van der Waals surface area contributed by atoms with Crippen LogP contribution >= 0.6 is 0 Å². The molecule has 1 aromatic heterocycles. The van der Waals surface area contributed by atoms with Gasteiger partial charge < -0.3 is 5.32 Å². The van der Waals surface area contributed by atoms with E-state index in [1.54, 1.807) is 27.8 Å². The van der Waals surface area contributed by atoms with Crippen LogP contribution in [0.15, 0.2) is 11.2 Å². The summed E-state index contributed by atoms with van der Waals surface area (Å²) < 4.78 is 26.6. The first kappa shape index (κ1) is 13.1. The minimum absolute atomic E-state index is 0.122. The molecule has 0 radical (unpaired) electrons. The van der Waals surface area contributed by atoms with Crippen LogP contribution < -0.4 is 10.0 Å². The maximum atomic E-state index is 12.0. The minimum atomic E-state index is -3.54. The average molecular weight is 246 g/mol. The minimum Gasteiger partial charge on any atom is -0.316 e. The summed E-state index contributed by atoms with van der Waals surface area (Å²) in [6.45, 7) is 5.83. The lowest BCUT2D eigenvalue weighted by molar-refractivity contribution is 0.488. The Bertz CT molecular complexity index is 444. The van der Waals surface area contributed by atoms with E-state index in [2.05, 4.69) is 20.2 Å². The van der Waals surface area contributed by atoms with Gasteiger partial charge in [0.2, 0.25) is 0 Å². The number of hydrogen-bond donors (Lipinski definition) is 3. The lowest BCUT2D eigenvalue weighted by Gasteiger charge is -2.20. The number of nitrogens with zero attached hydrogens (tertiary/aromatic N) is 1. The van der Waals surface area contributed by atoms with Crippen molar-refractivity contribution >= 4 is 10.0 Å². The van der Waals surface area contributed by atoms with Crippen molar-refractivity contribution in [1.82, 2.24) is 20.2 Å². The smallest absolute Gasteiger partial charge is 0.258 e. The maximum absolute atomic E-state index is 12.0. The van der Waals surface area contributed by atoms with Gasteiger partial charge in [-0.1, -0.05) is 0 Å². The van der Waals surface area contributed by atoms with E-state index in [4.69, 9.17) is 0 Å². The predicted molar refractivity (Wildman–Crippen MR) is 61.4 cm³/mol. The van der Waals surface area contributed by atoms with Gasteiger partial charge in [-0.2, -0.15) is 5.10 Å². The zero-order chi connectivity index (χ0) is 12.4. The third kappa shape index (κ3) is 3.29. The van der Waals surface area contributed by atoms with Gasteiger partial charge in [0.25, 0.3) is 10.0 Å². The molecule has 0 unspecified atom stereocenters.